The van der Waals surface area contributed by atoms with Gasteiger partial charge in [0.05, 0.1) is 11.3 Å². The summed E-state index contributed by atoms with van der Waals surface area (Å²) in [7, 11) is 0. The lowest BCUT2D eigenvalue weighted by Gasteiger charge is -2.46. The second-order valence-electron chi connectivity index (χ2n) is 9.11. The summed E-state index contributed by atoms with van der Waals surface area (Å²) in [6.45, 7) is 7.77. The molecule has 0 aliphatic carbocycles. The molecule has 2 unspecified atom stereocenters. The average molecular weight is 439 g/mol. The molecule has 31 heavy (non-hydrogen) atoms. The van der Waals surface area contributed by atoms with Crippen molar-refractivity contribution in [1.82, 2.24) is 20.2 Å². The van der Waals surface area contributed by atoms with Crippen molar-refractivity contribution in [2.24, 2.45) is 17.1 Å². The minimum absolute atomic E-state index is 0. The zero-order valence-electron chi connectivity index (χ0n) is 17.9. The number of aromatic amines is 1. The molecule has 1 saturated heterocycles. The summed E-state index contributed by atoms with van der Waals surface area (Å²) in [6, 6.07) is 5.96. The summed E-state index contributed by atoms with van der Waals surface area (Å²) in [5.74, 6) is 0.979. The highest BCUT2D eigenvalue weighted by Crippen LogP contribution is 2.40. The lowest BCUT2D eigenvalue weighted by atomic mass is 9.72. The van der Waals surface area contributed by atoms with Gasteiger partial charge in [-0.1, -0.05) is 20.8 Å². The molecule has 4 heterocycles. The SMILES string of the molecule is CC(C)CC1(C)CN(c2ccc(C(F)(F)F)c(-c3[nH]nc4ncccc34)n2)CCC1N.[HH].[HH].[HH]. The van der Waals surface area contributed by atoms with Crippen molar-refractivity contribution in [1.29, 1.82) is 0 Å². The third kappa shape index (κ3) is 4.11. The zero-order valence-corrected chi connectivity index (χ0v) is 17.9. The van der Waals surface area contributed by atoms with Crippen LogP contribution in [0.1, 0.15) is 43.5 Å². The van der Waals surface area contributed by atoms with Gasteiger partial charge in [-0.3, -0.25) is 5.10 Å². The van der Waals surface area contributed by atoms with E-state index in [-0.39, 0.29) is 27.1 Å². The Kier molecular flexibility index (Phi) is 5.41. The molecule has 6 nitrogen and oxygen atoms in total. The highest BCUT2D eigenvalue weighted by atomic mass is 19.4. The fourth-order valence-corrected chi connectivity index (χ4v) is 4.69. The summed E-state index contributed by atoms with van der Waals surface area (Å²) >= 11 is 0. The number of nitrogens with two attached hydrogens (primary N) is 1. The molecule has 0 spiro atoms. The summed E-state index contributed by atoms with van der Waals surface area (Å²) in [4.78, 5) is 10.6. The van der Waals surface area contributed by atoms with Gasteiger partial charge in [0.15, 0.2) is 5.65 Å². The fraction of sp³-hybridized carbons (Fsp3) is 0.500. The van der Waals surface area contributed by atoms with Crippen LogP contribution in [0.25, 0.3) is 22.4 Å². The van der Waals surface area contributed by atoms with Crippen molar-refractivity contribution in [2.75, 3.05) is 18.0 Å². The van der Waals surface area contributed by atoms with E-state index in [1.54, 1.807) is 18.3 Å². The molecule has 172 valence electrons. The molecule has 4 rings (SSSR count). The van der Waals surface area contributed by atoms with Gasteiger partial charge in [-0.05, 0) is 43.0 Å². The van der Waals surface area contributed by atoms with Gasteiger partial charge < -0.3 is 10.6 Å². The van der Waals surface area contributed by atoms with E-state index in [4.69, 9.17) is 5.73 Å². The highest BCUT2D eigenvalue weighted by molar-refractivity contribution is 5.90. The third-order valence-corrected chi connectivity index (χ3v) is 6.11. The van der Waals surface area contributed by atoms with Crippen molar-refractivity contribution in [3.05, 3.63) is 36.0 Å². The Labute approximate surface area is 183 Å². The van der Waals surface area contributed by atoms with Gasteiger partial charge >= 0.3 is 6.18 Å². The number of pyridine rings is 2. The van der Waals surface area contributed by atoms with Crippen molar-refractivity contribution in [3.63, 3.8) is 0 Å². The predicted octanol–water partition coefficient (Wildman–Crippen LogP) is 5.37. The Hall–Kier alpha value is -2.68. The second-order valence-corrected chi connectivity index (χ2v) is 9.11. The third-order valence-electron chi connectivity index (χ3n) is 6.11. The number of H-pyrrole nitrogens is 1. The number of rotatable bonds is 4. The predicted molar refractivity (Wildman–Crippen MR) is 121 cm³/mol. The minimum Gasteiger partial charge on any atom is -0.356 e. The quantitative estimate of drug-likeness (QED) is 0.572. The van der Waals surface area contributed by atoms with E-state index in [1.807, 2.05) is 4.90 Å². The van der Waals surface area contributed by atoms with Crippen molar-refractivity contribution in [2.45, 2.75) is 45.8 Å². The molecule has 1 aliphatic heterocycles. The summed E-state index contributed by atoms with van der Waals surface area (Å²) in [5.41, 5.74) is 5.90. The molecule has 1 fully saturated rings. The average Bonchev–Trinajstić information content (AvgIpc) is 3.12. The van der Waals surface area contributed by atoms with Gasteiger partial charge in [0, 0.05) is 40.4 Å². The number of nitrogens with zero attached hydrogens (tertiary/aromatic N) is 4. The first-order valence-corrected chi connectivity index (χ1v) is 10.5. The largest absolute Gasteiger partial charge is 0.418 e. The maximum absolute atomic E-state index is 13.8. The van der Waals surface area contributed by atoms with Crippen molar-refractivity contribution >= 4 is 16.9 Å². The zero-order chi connectivity index (χ0) is 22.4. The van der Waals surface area contributed by atoms with Crippen LogP contribution in [0, 0.1) is 11.3 Å². The first-order chi connectivity index (χ1) is 14.6. The van der Waals surface area contributed by atoms with Gasteiger partial charge in [0.2, 0.25) is 0 Å². The molecule has 3 aromatic rings. The van der Waals surface area contributed by atoms with Gasteiger partial charge in [0.25, 0.3) is 0 Å². The summed E-state index contributed by atoms with van der Waals surface area (Å²) < 4.78 is 41.4. The van der Waals surface area contributed by atoms with Crippen LogP contribution >= 0.6 is 0 Å². The first kappa shape index (κ1) is 21.5. The maximum Gasteiger partial charge on any atom is 0.418 e. The molecule has 0 bridgehead atoms. The molecule has 3 N–H and O–H groups in total. The van der Waals surface area contributed by atoms with E-state index < -0.39 is 11.7 Å². The second kappa shape index (κ2) is 7.78. The van der Waals surface area contributed by atoms with E-state index in [1.165, 1.54) is 6.07 Å². The monoisotopic (exact) mass is 438 g/mol. The van der Waals surface area contributed by atoms with Crippen molar-refractivity contribution < 1.29 is 17.5 Å². The van der Waals surface area contributed by atoms with Crippen LogP contribution in [-0.4, -0.2) is 39.3 Å². The fourth-order valence-electron chi connectivity index (χ4n) is 4.69. The van der Waals surface area contributed by atoms with Crippen LogP contribution in [0.5, 0.6) is 0 Å². The lowest BCUT2D eigenvalue weighted by molar-refractivity contribution is -0.137. The minimum atomic E-state index is -4.54. The van der Waals surface area contributed by atoms with Crippen LogP contribution in [0.4, 0.5) is 19.0 Å². The number of hydrogen-bond donors (Lipinski definition) is 2. The lowest BCUT2D eigenvalue weighted by Crippen LogP contribution is -2.54. The van der Waals surface area contributed by atoms with E-state index in [9.17, 15) is 13.2 Å². The number of fused-ring (bicyclic) bond motifs is 1. The molecule has 3 aromatic heterocycles. The Morgan fingerprint density at radius 2 is 2.10 bits per heavy atom. The number of aromatic nitrogens is 4. The first-order valence-electron chi connectivity index (χ1n) is 10.5. The summed E-state index contributed by atoms with van der Waals surface area (Å²) in [5, 5.41) is 7.26. The topological polar surface area (TPSA) is 83.7 Å². The number of hydrogen-bond acceptors (Lipinski definition) is 5. The summed E-state index contributed by atoms with van der Waals surface area (Å²) in [6.07, 6.45) is -1.29. The molecule has 0 amide bonds. The van der Waals surface area contributed by atoms with Crippen LogP contribution in [0.3, 0.4) is 0 Å². The van der Waals surface area contributed by atoms with E-state index in [0.29, 0.717) is 35.9 Å². The molecular formula is C22H33F3N6. The van der Waals surface area contributed by atoms with Gasteiger partial charge in [0.1, 0.15) is 11.5 Å². The van der Waals surface area contributed by atoms with Gasteiger partial charge in [-0.25, -0.2) is 9.97 Å². The molecule has 0 aromatic carbocycles. The van der Waals surface area contributed by atoms with Gasteiger partial charge in [-0.2, -0.15) is 18.3 Å². The number of alkyl halides is 3. The van der Waals surface area contributed by atoms with E-state index in [0.717, 1.165) is 18.9 Å². The number of anilines is 1. The van der Waals surface area contributed by atoms with Crippen LogP contribution in [0.2, 0.25) is 0 Å². The molecule has 9 heteroatoms. The normalized spacial score (nSPS) is 22.5. The molecule has 2 atom stereocenters. The Balaban J connectivity index is 0.00000193. The van der Waals surface area contributed by atoms with Crippen molar-refractivity contribution in [3.8, 4) is 11.4 Å². The van der Waals surface area contributed by atoms with Gasteiger partial charge in [-0.15, -0.1) is 0 Å². The molecule has 1 aliphatic rings. The molecule has 0 saturated carbocycles. The molecular weight excluding hydrogens is 405 g/mol. The van der Waals surface area contributed by atoms with E-state index in [2.05, 4.69) is 40.9 Å². The Morgan fingerprint density at radius 1 is 1.32 bits per heavy atom. The Bertz CT molecular complexity index is 1090. The number of piperidine rings is 1. The number of nitrogens with one attached hydrogen (secondary N) is 1. The van der Waals surface area contributed by atoms with E-state index >= 15 is 0 Å². The van der Waals surface area contributed by atoms with Crippen LogP contribution < -0.4 is 10.6 Å². The standard InChI is InChI=1S/C22H27F3N6.3H2/c1-13(2)11-21(3)12-31(10-8-16(21)26)17-7-6-15(22(23,24)25)19(28-17)18-14-5-4-9-27-20(14)30-29-18;;;/h4-7,9,13,16H,8,10-12,26H2,1-3H3,(H,27,29,30);3*1H. The molecule has 0 radical (unpaired) electrons. The highest BCUT2D eigenvalue weighted by Gasteiger charge is 2.40. The maximum atomic E-state index is 13.8. The smallest absolute Gasteiger partial charge is 0.356 e. The van der Waals surface area contributed by atoms with Crippen LogP contribution in [-0.2, 0) is 6.18 Å². The van der Waals surface area contributed by atoms with Crippen LogP contribution in [0.15, 0.2) is 30.5 Å². The Morgan fingerprint density at radius 3 is 2.81 bits per heavy atom. The number of halogens is 3.